The second kappa shape index (κ2) is 11.1. The van der Waals surface area contributed by atoms with E-state index in [2.05, 4.69) is 15.6 Å². The average molecular weight is 501 g/mol. The van der Waals surface area contributed by atoms with Crippen LogP contribution in [0.3, 0.4) is 0 Å². The fourth-order valence-electron chi connectivity index (χ4n) is 2.76. The number of ether oxygens (including phenoxy) is 3. The Bertz CT molecular complexity index is 787. The van der Waals surface area contributed by atoms with Gasteiger partial charge < -0.3 is 24.8 Å². The Balaban J connectivity index is 0.00000280. The van der Waals surface area contributed by atoms with E-state index in [1.165, 1.54) is 12.1 Å². The first-order chi connectivity index (χ1) is 13.2. The van der Waals surface area contributed by atoms with Crippen molar-refractivity contribution in [3.05, 3.63) is 53.8 Å². The second-order valence-electron chi connectivity index (χ2n) is 6.07. The highest BCUT2D eigenvalue weighted by molar-refractivity contribution is 14.0. The van der Waals surface area contributed by atoms with E-state index in [1.807, 2.05) is 18.2 Å². The molecule has 0 saturated heterocycles. The van der Waals surface area contributed by atoms with Crippen LogP contribution >= 0.6 is 24.0 Å². The van der Waals surface area contributed by atoms with Gasteiger partial charge in [0, 0.05) is 38.9 Å². The van der Waals surface area contributed by atoms with Crippen LogP contribution in [0.4, 0.5) is 10.1 Å². The smallest absolute Gasteiger partial charge is 0.195 e. The second-order valence-corrected chi connectivity index (χ2v) is 6.07. The molecule has 2 aromatic rings. The molecule has 0 amide bonds. The Morgan fingerprint density at radius 2 is 1.86 bits per heavy atom. The molecule has 0 bridgehead atoms. The van der Waals surface area contributed by atoms with Gasteiger partial charge in [-0.3, -0.25) is 4.99 Å². The van der Waals surface area contributed by atoms with Crippen LogP contribution < -0.4 is 20.1 Å². The van der Waals surface area contributed by atoms with Gasteiger partial charge in [-0.15, -0.1) is 24.0 Å². The summed E-state index contributed by atoms with van der Waals surface area (Å²) in [6.45, 7) is 1.77. The summed E-state index contributed by atoms with van der Waals surface area (Å²) in [6, 6.07) is 12.0. The van der Waals surface area contributed by atoms with Gasteiger partial charge in [-0.05, 0) is 29.8 Å². The first-order valence-corrected chi connectivity index (χ1v) is 8.85. The first kappa shape index (κ1) is 22.2. The molecule has 0 radical (unpaired) electrons. The molecule has 0 spiro atoms. The molecule has 1 atom stereocenters. The summed E-state index contributed by atoms with van der Waals surface area (Å²) in [5, 5.41) is 6.45. The Hall–Kier alpha value is -2.07. The Morgan fingerprint density at radius 1 is 1.14 bits per heavy atom. The van der Waals surface area contributed by atoms with Gasteiger partial charge in [-0.2, -0.15) is 0 Å². The number of nitrogens with zero attached hydrogens (tertiary/aromatic N) is 1. The number of methoxy groups -OCH3 is 1. The third kappa shape index (κ3) is 5.96. The summed E-state index contributed by atoms with van der Waals surface area (Å²) in [7, 11) is 3.31. The Morgan fingerprint density at radius 3 is 2.54 bits per heavy atom. The van der Waals surface area contributed by atoms with E-state index in [9.17, 15) is 4.39 Å². The Kier molecular flexibility index (Phi) is 8.78. The molecule has 3 rings (SSSR count). The maximum atomic E-state index is 13.1. The molecule has 1 unspecified atom stereocenters. The van der Waals surface area contributed by atoms with Crippen LogP contribution in [-0.2, 0) is 4.74 Å². The van der Waals surface area contributed by atoms with E-state index in [4.69, 9.17) is 14.2 Å². The van der Waals surface area contributed by atoms with Crippen molar-refractivity contribution in [1.29, 1.82) is 0 Å². The number of hydrogen-bond acceptors (Lipinski definition) is 4. The van der Waals surface area contributed by atoms with Gasteiger partial charge >= 0.3 is 0 Å². The molecule has 0 fully saturated rings. The maximum absolute atomic E-state index is 13.1. The molecule has 1 aliphatic rings. The van der Waals surface area contributed by atoms with Gasteiger partial charge in [0.2, 0.25) is 0 Å². The van der Waals surface area contributed by atoms with E-state index in [0.29, 0.717) is 31.5 Å². The number of fused-ring (bicyclic) bond motifs is 1. The zero-order valence-corrected chi connectivity index (χ0v) is 18.2. The fraction of sp³-hybridized carbons (Fsp3) is 0.350. The number of anilines is 1. The van der Waals surface area contributed by atoms with Crippen molar-refractivity contribution in [1.82, 2.24) is 5.32 Å². The van der Waals surface area contributed by atoms with Crippen molar-refractivity contribution >= 4 is 35.6 Å². The monoisotopic (exact) mass is 501 g/mol. The maximum Gasteiger partial charge on any atom is 0.195 e. The zero-order chi connectivity index (χ0) is 19.1. The van der Waals surface area contributed by atoms with E-state index >= 15 is 0 Å². The summed E-state index contributed by atoms with van der Waals surface area (Å²) in [4.78, 5) is 4.23. The molecule has 28 heavy (non-hydrogen) atoms. The molecule has 0 saturated carbocycles. The number of benzene rings is 2. The molecule has 1 aliphatic heterocycles. The molecular weight excluding hydrogens is 476 g/mol. The lowest BCUT2D eigenvalue weighted by molar-refractivity contribution is 0.106. The predicted molar refractivity (Wildman–Crippen MR) is 119 cm³/mol. The van der Waals surface area contributed by atoms with E-state index in [1.54, 1.807) is 26.3 Å². The topological polar surface area (TPSA) is 64.1 Å². The lowest BCUT2D eigenvalue weighted by atomic mass is 10.1. The molecule has 2 aromatic carbocycles. The van der Waals surface area contributed by atoms with Gasteiger partial charge in [0.25, 0.3) is 0 Å². The summed E-state index contributed by atoms with van der Waals surface area (Å²) >= 11 is 0. The summed E-state index contributed by atoms with van der Waals surface area (Å²) < 4.78 is 30.0. The van der Waals surface area contributed by atoms with Crippen molar-refractivity contribution < 1.29 is 18.6 Å². The van der Waals surface area contributed by atoms with E-state index < -0.39 is 0 Å². The van der Waals surface area contributed by atoms with E-state index in [-0.39, 0.29) is 35.9 Å². The minimum Gasteiger partial charge on any atom is -0.490 e. The number of aliphatic imine (C=N–C) groups is 1. The molecule has 0 aliphatic carbocycles. The number of rotatable bonds is 5. The molecule has 0 aromatic heterocycles. The van der Waals surface area contributed by atoms with E-state index in [0.717, 1.165) is 23.4 Å². The van der Waals surface area contributed by atoms with Crippen LogP contribution in [0.2, 0.25) is 0 Å². The molecule has 2 N–H and O–H groups in total. The first-order valence-electron chi connectivity index (χ1n) is 8.85. The van der Waals surface area contributed by atoms with Gasteiger partial charge in [0.1, 0.15) is 5.82 Å². The normalized spacial score (nSPS) is 14.5. The van der Waals surface area contributed by atoms with Gasteiger partial charge in [0.15, 0.2) is 17.5 Å². The number of hydrogen-bond donors (Lipinski definition) is 2. The van der Waals surface area contributed by atoms with Crippen LogP contribution in [0.1, 0.15) is 18.1 Å². The van der Waals surface area contributed by atoms with Crippen LogP contribution in [0.15, 0.2) is 47.5 Å². The summed E-state index contributed by atoms with van der Waals surface area (Å²) in [5.41, 5.74) is 1.72. The van der Waals surface area contributed by atoms with Crippen molar-refractivity contribution in [3.63, 3.8) is 0 Å². The SMILES string of the molecule is CN=C(NCC(OC)c1ccc(F)cc1)Nc1ccc2c(c1)OCCCO2.I. The predicted octanol–water partition coefficient (Wildman–Crippen LogP) is 3.98. The average Bonchev–Trinajstić information content (AvgIpc) is 2.93. The highest BCUT2D eigenvalue weighted by Gasteiger charge is 2.13. The van der Waals surface area contributed by atoms with Gasteiger partial charge in [-0.25, -0.2) is 4.39 Å². The lowest BCUT2D eigenvalue weighted by Gasteiger charge is -2.19. The minimum atomic E-state index is -0.270. The lowest BCUT2D eigenvalue weighted by Crippen LogP contribution is -2.34. The van der Waals surface area contributed by atoms with Crippen molar-refractivity contribution in [3.8, 4) is 11.5 Å². The molecule has 8 heteroatoms. The molecule has 1 heterocycles. The fourth-order valence-corrected chi connectivity index (χ4v) is 2.76. The number of nitrogens with one attached hydrogen (secondary N) is 2. The molecule has 6 nitrogen and oxygen atoms in total. The molecular formula is C20H25FIN3O3. The van der Waals surface area contributed by atoms with Crippen molar-refractivity contribution in [2.24, 2.45) is 4.99 Å². The highest BCUT2D eigenvalue weighted by atomic mass is 127. The van der Waals surface area contributed by atoms with Crippen LogP contribution in [0.5, 0.6) is 11.5 Å². The molecule has 152 valence electrons. The third-order valence-electron chi connectivity index (χ3n) is 4.22. The Labute approximate surface area is 181 Å². The standard InChI is InChI=1S/C20H24FN3O3.HI/c1-22-20(23-13-19(25-2)14-4-6-15(21)7-5-14)24-16-8-9-17-18(12-16)27-11-3-10-26-17;/h4-9,12,19H,3,10-11,13H2,1-2H3,(H2,22,23,24);1H. The van der Waals surface area contributed by atoms with Crippen LogP contribution in [0.25, 0.3) is 0 Å². The largest absolute Gasteiger partial charge is 0.490 e. The van der Waals surface area contributed by atoms with Gasteiger partial charge in [-0.1, -0.05) is 12.1 Å². The third-order valence-corrected chi connectivity index (χ3v) is 4.22. The van der Waals surface area contributed by atoms with Gasteiger partial charge in [0.05, 0.1) is 19.3 Å². The highest BCUT2D eigenvalue weighted by Crippen LogP contribution is 2.32. The van der Waals surface area contributed by atoms with Crippen molar-refractivity contribution in [2.75, 3.05) is 39.2 Å². The number of guanidine groups is 1. The van der Waals surface area contributed by atoms with Crippen LogP contribution in [0, 0.1) is 5.82 Å². The quantitative estimate of drug-likeness (QED) is 0.369. The zero-order valence-electron chi connectivity index (χ0n) is 15.9. The summed E-state index contributed by atoms with van der Waals surface area (Å²) in [6.07, 6.45) is 0.635. The van der Waals surface area contributed by atoms with Crippen LogP contribution in [-0.4, -0.2) is 39.9 Å². The summed E-state index contributed by atoms with van der Waals surface area (Å²) in [5.74, 6) is 1.79. The van der Waals surface area contributed by atoms with Crippen molar-refractivity contribution in [2.45, 2.75) is 12.5 Å². The number of halogens is 2. The minimum absolute atomic E-state index is 0.